The van der Waals surface area contributed by atoms with Gasteiger partial charge in [0.15, 0.2) is 0 Å². The molecule has 4 rings (SSSR count). The Bertz CT molecular complexity index is 669. The highest BCUT2D eigenvalue weighted by molar-refractivity contribution is 7.99. The lowest BCUT2D eigenvalue weighted by Gasteiger charge is -2.56. The van der Waals surface area contributed by atoms with Crippen LogP contribution in [-0.2, 0) is 0 Å². The minimum Gasteiger partial charge on any atom is -0.465 e. The Labute approximate surface area is 141 Å². The van der Waals surface area contributed by atoms with E-state index in [2.05, 4.69) is 43.9 Å². The van der Waals surface area contributed by atoms with E-state index in [0.717, 1.165) is 18.7 Å². The Morgan fingerprint density at radius 1 is 1.35 bits per heavy atom. The van der Waals surface area contributed by atoms with Crippen molar-refractivity contribution >= 4 is 23.5 Å². The van der Waals surface area contributed by atoms with Gasteiger partial charge in [-0.15, -0.1) is 11.8 Å². The fourth-order valence-electron chi connectivity index (χ4n) is 5.08. The fraction of sp³-hybridized carbons (Fsp3) is 0.611. The van der Waals surface area contributed by atoms with E-state index in [1.165, 1.54) is 16.1 Å². The van der Waals surface area contributed by atoms with Crippen molar-refractivity contribution in [3.8, 4) is 0 Å². The number of nitrogens with zero attached hydrogens (tertiary/aromatic N) is 2. The lowest BCUT2D eigenvalue weighted by molar-refractivity contribution is 0.0577. The van der Waals surface area contributed by atoms with Crippen molar-refractivity contribution in [1.82, 2.24) is 4.90 Å². The molecule has 3 aliphatic heterocycles. The summed E-state index contributed by atoms with van der Waals surface area (Å²) in [5.74, 6) is 1.38. The molecule has 23 heavy (non-hydrogen) atoms. The zero-order valence-electron chi connectivity index (χ0n) is 14.0. The van der Waals surface area contributed by atoms with Crippen LogP contribution in [0.2, 0.25) is 0 Å². The molecule has 0 saturated carbocycles. The molecule has 0 radical (unpaired) electrons. The summed E-state index contributed by atoms with van der Waals surface area (Å²) in [6, 6.07) is 6.59. The highest BCUT2D eigenvalue weighted by Crippen LogP contribution is 2.61. The topological polar surface area (TPSA) is 43.8 Å². The first-order valence-corrected chi connectivity index (χ1v) is 9.36. The van der Waals surface area contributed by atoms with Crippen molar-refractivity contribution in [3.05, 3.63) is 23.8 Å². The van der Waals surface area contributed by atoms with E-state index in [1.54, 1.807) is 4.90 Å². The van der Waals surface area contributed by atoms with Crippen LogP contribution < -0.4 is 4.90 Å². The van der Waals surface area contributed by atoms with Crippen LogP contribution in [0.5, 0.6) is 0 Å². The van der Waals surface area contributed by atoms with Gasteiger partial charge in [0.2, 0.25) is 0 Å². The first-order chi connectivity index (χ1) is 10.9. The number of para-hydroxylation sites is 1. The molecule has 3 heterocycles. The van der Waals surface area contributed by atoms with Gasteiger partial charge in [0.05, 0.1) is 11.2 Å². The molecule has 3 aliphatic rings. The van der Waals surface area contributed by atoms with Crippen molar-refractivity contribution in [1.29, 1.82) is 0 Å². The van der Waals surface area contributed by atoms with Crippen LogP contribution in [0.1, 0.15) is 38.7 Å². The summed E-state index contributed by atoms with van der Waals surface area (Å²) in [5, 5.41) is 9.49. The number of anilines is 1. The summed E-state index contributed by atoms with van der Waals surface area (Å²) < 4.78 is 0. The fourth-order valence-corrected chi connectivity index (χ4v) is 6.11. The molecule has 1 amide bonds. The minimum atomic E-state index is -0.784. The number of piperidine rings is 1. The molecule has 4 nitrogen and oxygen atoms in total. The molecule has 0 aliphatic carbocycles. The largest absolute Gasteiger partial charge is 0.465 e. The molecule has 2 atom stereocenters. The van der Waals surface area contributed by atoms with Gasteiger partial charge in [-0.25, -0.2) is 4.79 Å². The number of hydrogen-bond acceptors (Lipinski definition) is 3. The van der Waals surface area contributed by atoms with Crippen LogP contribution in [0.3, 0.4) is 0 Å². The SMILES string of the molecule is CC(C)(C)C12CCN(C(=O)O)CC1c1cccc3c1N2CCS3. The standard InChI is InChI=1S/C18H24N2O2S/c1-17(2,3)18-7-8-19(16(21)22)11-13(18)12-5-4-6-14-15(12)20(18)9-10-23-14/h4-6,13H,7-11H2,1-3H3,(H,21,22). The monoisotopic (exact) mass is 332 g/mol. The summed E-state index contributed by atoms with van der Waals surface area (Å²) in [7, 11) is 0. The third kappa shape index (κ3) is 1.89. The van der Waals surface area contributed by atoms with Crippen LogP contribution in [0, 0.1) is 5.41 Å². The number of likely N-dealkylation sites (tertiary alicyclic amines) is 1. The van der Waals surface area contributed by atoms with E-state index in [0.29, 0.717) is 13.1 Å². The van der Waals surface area contributed by atoms with E-state index in [4.69, 9.17) is 0 Å². The van der Waals surface area contributed by atoms with Crippen LogP contribution in [0.15, 0.2) is 23.1 Å². The zero-order valence-corrected chi connectivity index (χ0v) is 14.8. The minimum absolute atomic E-state index is 0.0262. The number of thioether (sulfide) groups is 1. The summed E-state index contributed by atoms with van der Waals surface area (Å²) in [4.78, 5) is 17.2. The normalized spacial score (nSPS) is 29.3. The van der Waals surface area contributed by atoms with E-state index in [9.17, 15) is 9.90 Å². The highest BCUT2D eigenvalue weighted by Gasteiger charge is 2.60. The van der Waals surface area contributed by atoms with Gasteiger partial charge in [-0.3, -0.25) is 0 Å². The molecular formula is C18H24N2O2S. The molecule has 1 saturated heterocycles. The second-order valence-electron chi connectivity index (χ2n) is 7.90. The van der Waals surface area contributed by atoms with Crippen molar-refractivity contribution in [2.45, 2.75) is 43.5 Å². The van der Waals surface area contributed by atoms with E-state index in [1.807, 2.05) is 11.8 Å². The van der Waals surface area contributed by atoms with Crippen molar-refractivity contribution in [2.75, 3.05) is 30.3 Å². The zero-order chi connectivity index (χ0) is 16.4. The molecule has 1 aromatic rings. The van der Waals surface area contributed by atoms with Gasteiger partial charge in [-0.1, -0.05) is 32.9 Å². The lowest BCUT2D eigenvalue weighted by atomic mass is 9.62. The Kier molecular flexibility index (Phi) is 3.18. The van der Waals surface area contributed by atoms with Crippen molar-refractivity contribution in [2.24, 2.45) is 5.41 Å². The summed E-state index contributed by atoms with van der Waals surface area (Å²) >= 11 is 1.94. The summed E-state index contributed by atoms with van der Waals surface area (Å²) in [6.07, 6.45) is 0.125. The first kappa shape index (κ1) is 15.2. The second-order valence-corrected chi connectivity index (χ2v) is 9.04. The molecule has 1 aromatic carbocycles. The number of carbonyl (C=O) groups is 1. The Balaban J connectivity index is 1.90. The number of carboxylic acid groups (broad SMARTS) is 1. The quantitative estimate of drug-likeness (QED) is 0.783. The maximum absolute atomic E-state index is 11.5. The molecule has 0 aromatic heterocycles. The predicted octanol–water partition coefficient (Wildman–Crippen LogP) is 3.86. The Morgan fingerprint density at radius 3 is 2.83 bits per heavy atom. The molecular weight excluding hydrogens is 308 g/mol. The van der Waals surface area contributed by atoms with Crippen LogP contribution in [-0.4, -0.2) is 47.0 Å². The third-order valence-electron chi connectivity index (χ3n) is 6.04. The second kappa shape index (κ2) is 4.82. The molecule has 5 heteroatoms. The molecule has 2 unspecified atom stereocenters. The summed E-state index contributed by atoms with van der Waals surface area (Å²) in [5.41, 5.74) is 2.87. The predicted molar refractivity (Wildman–Crippen MR) is 93.7 cm³/mol. The van der Waals surface area contributed by atoms with Gasteiger partial charge in [-0.05, 0) is 23.5 Å². The highest BCUT2D eigenvalue weighted by atomic mass is 32.2. The average Bonchev–Trinajstić information content (AvgIpc) is 2.81. The van der Waals surface area contributed by atoms with Crippen LogP contribution in [0.25, 0.3) is 0 Å². The number of benzene rings is 1. The molecule has 124 valence electrons. The van der Waals surface area contributed by atoms with Crippen LogP contribution >= 0.6 is 11.8 Å². The van der Waals surface area contributed by atoms with Gasteiger partial charge in [-0.2, -0.15) is 0 Å². The van der Waals surface area contributed by atoms with Crippen LogP contribution in [0.4, 0.5) is 10.5 Å². The van der Waals surface area contributed by atoms with Crippen molar-refractivity contribution < 1.29 is 9.90 Å². The number of rotatable bonds is 0. The van der Waals surface area contributed by atoms with Gasteiger partial charge >= 0.3 is 6.09 Å². The number of hydrogen-bond donors (Lipinski definition) is 1. The van der Waals surface area contributed by atoms with E-state index >= 15 is 0 Å². The van der Waals surface area contributed by atoms with Crippen molar-refractivity contribution in [3.63, 3.8) is 0 Å². The number of amides is 1. The molecule has 1 fully saturated rings. The van der Waals surface area contributed by atoms with Gasteiger partial charge in [0.1, 0.15) is 0 Å². The number of fused-ring (bicyclic) bond motifs is 3. The smallest absolute Gasteiger partial charge is 0.407 e. The van der Waals surface area contributed by atoms with Gasteiger partial charge in [0, 0.05) is 36.2 Å². The van der Waals surface area contributed by atoms with Gasteiger partial charge < -0.3 is 14.9 Å². The lowest BCUT2D eigenvalue weighted by Crippen LogP contribution is -2.64. The molecule has 1 N–H and O–H groups in total. The van der Waals surface area contributed by atoms with E-state index < -0.39 is 6.09 Å². The Morgan fingerprint density at radius 2 is 2.13 bits per heavy atom. The maximum Gasteiger partial charge on any atom is 0.407 e. The summed E-state index contributed by atoms with van der Waals surface area (Å²) in [6.45, 7) is 9.28. The first-order valence-electron chi connectivity index (χ1n) is 8.37. The van der Waals surface area contributed by atoms with Gasteiger partial charge in [0.25, 0.3) is 0 Å². The van der Waals surface area contributed by atoms with E-state index in [-0.39, 0.29) is 16.9 Å². The molecule has 0 bridgehead atoms. The molecule has 0 spiro atoms. The maximum atomic E-state index is 11.5. The average molecular weight is 332 g/mol. The third-order valence-corrected chi connectivity index (χ3v) is 7.07. The Hall–Kier alpha value is -1.36.